The van der Waals surface area contributed by atoms with Crippen LogP contribution in [-0.2, 0) is 20.1 Å². The summed E-state index contributed by atoms with van der Waals surface area (Å²) in [5, 5.41) is 0. The smallest absolute Gasteiger partial charge is 0.195 e. The Morgan fingerprint density at radius 3 is 2.20 bits per heavy atom. The van der Waals surface area contributed by atoms with Crippen molar-refractivity contribution in [1.82, 2.24) is 0 Å². The summed E-state index contributed by atoms with van der Waals surface area (Å²) in [7, 11) is 0. The van der Waals surface area contributed by atoms with E-state index < -0.39 is 47.0 Å². The maximum atomic E-state index is 14.9. The van der Waals surface area contributed by atoms with Gasteiger partial charge in [0, 0.05) is 76.3 Å². The zero-order valence-electron chi connectivity index (χ0n) is 31.6. The Morgan fingerprint density at radius 2 is 1.57 bits per heavy atom. The minimum absolute atomic E-state index is 0.0269. The number of hydrogen-bond donors (Lipinski definition) is 0. The number of carbonyl (C=O) groups is 3. The van der Waals surface area contributed by atoms with Crippen molar-refractivity contribution in [3.05, 3.63) is 144 Å². The molecule has 0 N–H and O–H groups in total. The molecule has 1 aromatic heterocycles. The molecule has 0 bridgehead atoms. The predicted molar refractivity (Wildman–Crippen MR) is 224 cm³/mol. The highest BCUT2D eigenvalue weighted by Crippen LogP contribution is 2.46. The lowest BCUT2D eigenvalue weighted by atomic mass is 9.87. The molecule has 296 valence electrons. The number of hydrogen-bond acceptors (Lipinski definition) is 7. The van der Waals surface area contributed by atoms with Gasteiger partial charge in [-0.15, -0.1) is 53.2 Å². The summed E-state index contributed by atoms with van der Waals surface area (Å²) >= 11 is 4.83. The largest absolute Gasteiger partial charge is 0.294 e. The van der Waals surface area contributed by atoms with Crippen LogP contribution >= 0.6 is 46.6 Å². The average molecular weight is 847 g/mol. The maximum absolute atomic E-state index is 14.9. The number of thioether (sulfide) groups is 3. The molecule has 0 fully saturated rings. The second kappa shape index (κ2) is 18.7. The molecule has 0 saturated carbocycles. The molecule has 2 unspecified atom stereocenters. The lowest BCUT2D eigenvalue weighted by Crippen LogP contribution is -2.31. The van der Waals surface area contributed by atoms with Gasteiger partial charge in [-0.25, -0.2) is 26.3 Å². The number of benzene rings is 1. The Labute approximate surface area is 340 Å². The molecule has 0 spiro atoms. The van der Waals surface area contributed by atoms with Crippen molar-refractivity contribution in [3.8, 4) is 0 Å². The third kappa shape index (κ3) is 9.01. The molecule has 2 aromatic rings. The molecule has 2 aliphatic rings. The van der Waals surface area contributed by atoms with Crippen LogP contribution in [0.25, 0.3) is 16.1 Å². The van der Waals surface area contributed by atoms with Crippen molar-refractivity contribution in [1.29, 1.82) is 0 Å². The Bertz CT molecular complexity index is 2210. The van der Waals surface area contributed by atoms with Crippen LogP contribution in [0.5, 0.6) is 0 Å². The molecule has 13 heteroatoms. The summed E-state index contributed by atoms with van der Waals surface area (Å²) in [6, 6.07) is 1.78. The number of alkyl halides is 2. The zero-order valence-corrected chi connectivity index (χ0v) is 34.8. The van der Waals surface area contributed by atoms with Gasteiger partial charge in [0.25, 0.3) is 0 Å². The van der Waals surface area contributed by atoms with E-state index in [1.165, 1.54) is 74.7 Å². The van der Waals surface area contributed by atoms with Gasteiger partial charge in [-0.3, -0.25) is 14.4 Å². The van der Waals surface area contributed by atoms with E-state index in [4.69, 9.17) is 0 Å². The first kappa shape index (κ1) is 44.9. The lowest BCUT2D eigenvalue weighted by molar-refractivity contribution is -0.114. The lowest BCUT2D eigenvalue weighted by Gasteiger charge is -2.25. The van der Waals surface area contributed by atoms with Crippen LogP contribution in [-0.4, -0.2) is 41.2 Å². The summed E-state index contributed by atoms with van der Waals surface area (Å²) in [6.45, 7) is 27.0. The van der Waals surface area contributed by atoms with Crippen LogP contribution in [0.1, 0.15) is 65.6 Å². The fourth-order valence-electron chi connectivity index (χ4n) is 6.11. The fourth-order valence-corrected chi connectivity index (χ4v) is 10.7. The molecule has 0 radical (unpaired) electrons. The van der Waals surface area contributed by atoms with Gasteiger partial charge in [-0.1, -0.05) is 39.3 Å². The fraction of sp³-hybridized carbons (Fsp3) is 0.279. The Morgan fingerprint density at radius 1 is 0.911 bits per heavy atom. The SMILES string of the molecule is C=CCC(=O)C(=C)c1cc(CSC2=CC(=O)C(=C)C(CC)=C2SCC(=O)C2=C(C)C(C)=C(F)C(F)C2F)sc1C(=C)SCC(=C)c1c(C)c(C)c(F)c(F)c1F. The van der Waals surface area contributed by atoms with Gasteiger partial charge in [-0.05, 0) is 73.6 Å². The molecular formula is C43H40F6O3S4. The molecule has 1 aromatic carbocycles. The van der Waals surface area contributed by atoms with Crippen LogP contribution < -0.4 is 0 Å². The van der Waals surface area contributed by atoms with Gasteiger partial charge in [0.1, 0.15) is 5.83 Å². The first-order valence-corrected chi connectivity index (χ1v) is 21.0. The first-order valence-electron chi connectivity index (χ1n) is 17.2. The van der Waals surface area contributed by atoms with Crippen LogP contribution in [0.3, 0.4) is 0 Å². The summed E-state index contributed by atoms with van der Waals surface area (Å²) in [5.74, 6) is -6.65. The van der Waals surface area contributed by atoms with Gasteiger partial charge in [0.2, 0.25) is 0 Å². The van der Waals surface area contributed by atoms with E-state index >= 15 is 0 Å². The molecule has 1 heterocycles. The summed E-state index contributed by atoms with van der Waals surface area (Å²) in [5.41, 5.74) is 1.36. The van der Waals surface area contributed by atoms with Crippen molar-refractivity contribution in [2.45, 2.75) is 65.6 Å². The monoisotopic (exact) mass is 846 g/mol. The highest BCUT2D eigenvalue weighted by Gasteiger charge is 2.39. The van der Waals surface area contributed by atoms with E-state index in [0.29, 0.717) is 37.1 Å². The normalized spacial score (nSPS) is 17.4. The van der Waals surface area contributed by atoms with Crippen LogP contribution in [0, 0.1) is 31.3 Å². The minimum atomic E-state index is -2.57. The predicted octanol–water partition coefficient (Wildman–Crippen LogP) is 12.8. The Kier molecular flexibility index (Phi) is 15.0. The standard InChI is InChI=1S/C43H40F6O3S4/c1-11-13-30(50)25(9)29-14-27(56-42(29)26(10)53-16-19(3)34-20(4)22(6)36(44)40(48)38(34)46)17-54-33-15-31(51)24(8)28(12-2)43(33)55-18-32(52)35-21(5)23(7)37(45)41(49)39(35)47/h11,14-15,39,41H,1,3,8-10,12-13,16-18H2,2,4-7H3. The third-order valence-corrected chi connectivity index (χ3v) is 14.5. The van der Waals surface area contributed by atoms with Gasteiger partial charge >= 0.3 is 0 Å². The quantitative estimate of drug-likeness (QED) is 0.0684. The molecule has 2 aliphatic carbocycles. The van der Waals surface area contributed by atoms with Gasteiger partial charge in [0.05, 0.1) is 5.75 Å². The van der Waals surface area contributed by atoms with Crippen molar-refractivity contribution in [2.75, 3.05) is 11.5 Å². The third-order valence-electron chi connectivity index (χ3n) is 9.57. The summed E-state index contributed by atoms with van der Waals surface area (Å²) in [6.07, 6.45) is -1.73. The van der Waals surface area contributed by atoms with E-state index in [1.807, 2.05) is 6.92 Å². The Hall–Kier alpha value is -3.78. The summed E-state index contributed by atoms with van der Waals surface area (Å²) < 4.78 is 86.9. The van der Waals surface area contributed by atoms with E-state index in [-0.39, 0.29) is 79.8 Å². The maximum Gasteiger partial charge on any atom is 0.195 e. The molecule has 0 amide bonds. The second-order valence-corrected chi connectivity index (χ2v) is 17.3. The molecule has 4 rings (SSSR count). The van der Waals surface area contributed by atoms with Crippen LogP contribution in [0.2, 0.25) is 0 Å². The number of rotatable bonds is 17. The van der Waals surface area contributed by atoms with Crippen molar-refractivity contribution >= 4 is 80.0 Å². The highest BCUT2D eigenvalue weighted by molar-refractivity contribution is 8.09. The van der Waals surface area contributed by atoms with Crippen molar-refractivity contribution in [2.24, 2.45) is 0 Å². The number of halogens is 6. The molecular weight excluding hydrogens is 807 g/mol. The first-order chi connectivity index (χ1) is 26.3. The minimum Gasteiger partial charge on any atom is -0.294 e. The second-order valence-electron chi connectivity index (χ2n) is 13.1. The number of ketones is 3. The molecule has 56 heavy (non-hydrogen) atoms. The van der Waals surface area contributed by atoms with E-state index in [0.717, 1.165) is 16.6 Å². The van der Waals surface area contributed by atoms with Crippen molar-refractivity contribution in [3.63, 3.8) is 0 Å². The molecule has 0 aliphatic heterocycles. The molecule has 0 saturated heterocycles. The van der Waals surface area contributed by atoms with Crippen LogP contribution in [0.15, 0.2) is 94.6 Å². The number of Topliss-reactive ketones (excluding diaryl/α,β-unsaturated/α-hetero) is 2. The van der Waals surface area contributed by atoms with Crippen LogP contribution in [0.4, 0.5) is 26.3 Å². The van der Waals surface area contributed by atoms with E-state index in [9.17, 15) is 40.7 Å². The highest BCUT2D eigenvalue weighted by atomic mass is 32.2. The number of allylic oxidation sites excluding steroid dienone is 9. The molecule has 2 atom stereocenters. The number of carbonyl (C=O) groups excluding carboxylic acids is 3. The van der Waals surface area contributed by atoms with Gasteiger partial charge in [-0.2, -0.15) is 0 Å². The van der Waals surface area contributed by atoms with Crippen molar-refractivity contribution < 1.29 is 40.7 Å². The van der Waals surface area contributed by atoms with E-state index in [1.54, 1.807) is 6.07 Å². The Balaban J connectivity index is 1.61. The topological polar surface area (TPSA) is 51.2 Å². The van der Waals surface area contributed by atoms with Gasteiger partial charge < -0.3 is 0 Å². The molecule has 3 nitrogen and oxygen atoms in total. The van der Waals surface area contributed by atoms with E-state index in [2.05, 4.69) is 32.9 Å². The number of thiophene rings is 1. The average Bonchev–Trinajstić information content (AvgIpc) is 3.60. The van der Waals surface area contributed by atoms with Gasteiger partial charge in [0.15, 0.2) is 47.1 Å². The zero-order chi connectivity index (χ0) is 41.9. The summed E-state index contributed by atoms with van der Waals surface area (Å²) in [4.78, 5) is 42.3.